The van der Waals surface area contributed by atoms with Gasteiger partial charge >= 0.3 is 6.03 Å². The van der Waals surface area contributed by atoms with Crippen molar-refractivity contribution in [3.63, 3.8) is 0 Å². The smallest absolute Gasteiger partial charge is 0.321 e. The molecule has 0 bridgehead atoms. The molecular formula is C18H29N3O. The third kappa shape index (κ3) is 5.02. The number of amides is 2. The predicted octanol–water partition coefficient (Wildman–Crippen LogP) is 3.50. The van der Waals surface area contributed by atoms with Crippen molar-refractivity contribution in [1.29, 1.82) is 0 Å². The molecule has 1 aromatic carbocycles. The van der Waals surface area contributed by atoms with Crippen molar-refractivity contribution in [2.75, 3.05) is 38.0 Å². The van der Waals surface area contributed by atoms with Crippen molar-refractivity contribution in [1.82, 2.24) is 9.80 Å². The van der Waals surface area contributed by atoms with Crippen LogP contribution in [0.15, 0.2) is 18.2 Å². The molecule has 22 heavy (non-hydrogen) atoms. The molecule has 0 aromatic heterocycles. The van der Waals surface area contributed by atoms with E-state index in [1.54, 1.807) is 0 Å². The van der Waals surface area contributed by atoms with E-state index in [-0.39, 0.29) is 6.03 Å². The van der Waals surface area contributed by atoms with E-state index in [0.717, 1.165) is 44.3 Å². The zero-order valence-electron chi connectivity index (χ0n) is 14.4. The van der Waals surface area contributed by atoms with Crippen LogP contribution in [0.1, 0.15) is 31.4 Å². The Labute approximate surface area is 134 Å². The van der Waals surface area contributed by atoms with Gasteiger partial charge in [0.2, 0.25) is 0 Å². The van der Waals surface area contributed by atoms with Gasteiger partial charge in [-0.1, -0.05) is 19.9 Å². The topological polar surface area (TPSA) is 35.6 Å². The molecular weight excluding hydrogens is 274 g/mol. The highest BCUT2D eigenvalue weighted by Crippen LogP contribution is 2.15. The summed E-state index contributed by atoms with van der Waals surface area (Å²) in [6.45, 7) is 13.3. The first-order valence-corrected chi connectivity index (χ1v) is 8.30. The zero-order valence-corrected chi connectivity index (χ0v) is 14.4. The van der Waals surface area contributed by atoms with Crippen LogP contribution in [0.2, 0.25) is 0 Å². The highest BCUT2D eigenvalue weighted by atomic mass is 16.2. The Morgan fingerprint density at radius 1 is 1.09 bits per heavy atom. The molecule has 1 fully saturated rings. The Balaban J connectivity index is 1.82. The van der Waals surface area contributed by atoms with Crippen LogP contribution in [-0.2, 0) is 0 Å². The molecule has 1 aliphatic heterocycles. The van der Waals surface area contributed by atoms with Gasteiger partial charge < -0.3 is 10.2 Å². The molecule has 0 atom stereocenters. The fourth-order valence-corrected chi connectivity index (χ4v) is 2.86. The number of nitrogens with zero attached hydrogens (tertiary/aromatic N) is 2. The second kappa shape index (κ2) is 7.63. The van der Waals surface area contributed by atoms with Gasteiger partial charge in [-0.25, -0.2) is 4.79 Å². The van der Waals surface area contributed by atoms with Gasteiger partial charge in [0.1, 0.15) is 0 Å². The van der Waals surface area contributed by atoms with Crippen LogP contribution in [0.25, 0.3) is 0 Å². The fourth-order valence-electron chi connectivity index (χ4n) is 2.86. The normalized spacial score (nSPS) is 16.1. The van der Waals surface area contributed by atoms with Crippen molar-refractivity contribution >= 4 is 11.7 Å². The number of nitrogens with one attached hydrogen (secondary N) is 1. The molecule has 0 saturated carbocycles. The molecule has 2 amide bonds. The lowest BCUT2D eigenvalue weighted by Crippen LogP contribution is -2.50. The number of carbonyl (C=O) groups excluding carboxylic acids is 1. The van der Waals surface area contributed by atoms with Crippen LogP contribution in [-0.4, -0.2) is 48.6 Å². The van der Waals surface area contributed by atoms with Crippen molar-refractivity contribution in [2.45, 2.75) is 34.1 Å². The zero-order chi connectivity index (χ0) is 16.1. The highest BCUT2D eigenvalue weighted by Gasteiger charge is 2.21. The Kier molecular flexibility index (Phi) is 5.83. The van der Waals surface area contributed by atoms with E-state index in [0.29, 0.717) is 0 Å². The standard InChI is InChI=1S/C18H29N3O/c1-14(2)5-6-20-7-9-21(10-8-20)18(22)19-17-12-15(3)11-16(4)13-17/h11-14H,5-10H2,1-4H3,(H,19,22). The number of aryl methyl sites for hydroxylation is 2. The first kappa shape index (κ1) is 16.8. The van der Waals surface area contributed by atoms with E-state index in [4.69, 9.17) is 0 Å². The van der Waals surface area contributed by atoms with E-state index < -0.39 is 0 Å². The van der Waals surface area contributed by atoms with Crippen molar-refractivity contribution in [2.24, 2.45) is 5.92 Å². The maximum Gasteiger partial charge on any atom is 0.321 e. The quantitative estimate of drug-likeness (QED) is 0.924. The van der Waals surface area contributed by atoms with Crippen LogP contribution < -0.4 is 5.32 Å². The minimum Gasteiger partial charge on any atom is -0.322 e. The third-order valence-corrected chi connectivity index (χ3v) is 4.16. The lowest BCUT2D eigenvalue weighted by Gasteiger charge is -2.35. The number of hydrogen-bond acceptors (Lipinski definition) is 2. The Bertz CT molecular complexity index is 485. The summed E-state index contributed by atoms with van der Waals surface area (Å²) in [5.41, 5.74) is 3.24. The Hall–Kier alpha value is -1.55. The summed E-state index contributed by atoms with van der Waals surface area (Å²) in [4.78, 5) is 16.7. The maximum absolute atomic E-state index is 12.4. The third-order valence-electron chi connectivity index (χ3n) is 4.16. The molecule has 0 unspecified atom stereocenters. The van der Waals surface area contributed by atoms with Gasteiger partial charge in [-0.15, -0.1) is 0 Å². The summed E-state index contributed by atoms with van der Waals surface area (Å²) in [6, 6.07) is 6.17. The molecule has 1 N–H and O–H groups in total. The van der Waals surface area contributed by atoms with Crippen LogP contribution in [0.5, 0.6) is 0 Å². The van der Waals surface area contributed by atoms with E-state index in [1.807, 2.05) is 17.0 Å². The van der Waals surface area contributed by atoms with E-state index in [9.17, 15) is 4.79 Å². The molecule has 4 heteroatoms. The van der Waals surface area contributed by atoms with Crippen molar-refractivity contribution in [3.05, 3.63) is 29.3 Å². The van der Waals surface area contributed by atoms with Gasteiger partial charge in [-0.3, -0.25) is 4.90 Å². The number of hydrogen-bond donors (Lipinski definition) is 1. The number of urea groups is 1. The molecule has 4 nitrogen and oxygen atoms in total. The average Bonchev–Trinajstić information content (AvgIpc) is 2.44. The number of rotatable bonds is 4. The fraction of sp³-hybridized carbons (Fsp3) is 0.611. The van der Waals surface area contributed by atoms with Crippen LogP contribution >= 0.6 is 0 Å². The first-order chi connectivity index (χ1) is 10.4. The van der Waals surface area contributed by atoms with Gasteiger partial charge in [-0.05, 0) is 56.0 Å². The monoisotopic (exact) mass is 303 g/mol. The highest BCUT2D eigenvalue weighted by molar-refractivity contribution is 5.89. The van der Waals surface area contributed by atoms with Gasteiger partial charge in [-0.2, -0.15) is 0 Å². The van der Waals surface area contributed by atoms with Gasteiger partial charge in [0, 0.05) is 31.9 Å². The predicted molar refractivity (Wildman–Crippen MR) is 92.4 cm³/mol. The summed E-state index contributed by atoms with van der Waals surface area (Å²) < 4.78 is 0. The van der Waals surface area contributed by atoms with Gasteiger partial charge in [0.05, 0.1) is 0 Å². The SMILES string of the molecule is Cc1cc(C)cc(NC(=O)N2CCN(CCC(C)C)CC2)c1. The second-order valence-corrected chi connectivity index (χ2v) is 6.82. The maximum atomic E-state index is 12.4. The average molecular weight is 303 g/mol. The Morgan fingerprint density at radius 3 is 2.23 bits per heavy atom. The summed E-state index contributed by atoms with van der Waals surface area (Å²) in [5, 5.41) is 3.03. The number of benzene rings is 1. The molecule has 0 aliphatic carbocycles. The van der Waals surface area contributed by atoms with Crippen LogP contribution in [0, 0.1) is 19.8 Å². The lowest BCUT2D eigenvalue weighted by molar-refractivity contribution is 0.143. The molecule has 0 spiro atoms. The largest absolute Gasteiger partial charge is 0.322 e. The van der Waals surface area contributed by atoms with Crippen LogP contribution in [0.3, 0.4) is 0 Å². The minimum atomic E-state index is 0.0218. The molecule has 1 aliphatic rings. The second-order valence-electron chi connectivity index (χ2n) is 6.82. The molecule has 122 valence electrons. The number of carbonyl (C=O) groups is 1. The van der Waals surface area contributed by atoms with Crippen LogP contribution in [0.4, 0.5) is 10.5 Å². The van der Waals surface area contributed by atoms with Gasteiger partial charge in [0.25, 0.3) is 0 Å². The van der Waals surface area contributed by atoms with E-state index in [1.165, 1.54) is 17.5 Å². The summed E-state index contributed by atoms with van der Waals surface area (Å²) in [7, 11) is 0. The number of anilines is 1. The van der Waals surface area contributed by atoms with Crippen molar-refractivity contribution < 1.29 is 4.79 Å². The molecule has 1 aromatic rings. The van der Waals surface area contributed by atoms with E-state index in [2.05, 4.69) is 44.0 Å². The molecule has 1 heterocycles. The first-order valence-electron chi connectivity index (χ1n) is 8.30. The molecule has 1 saturated heterocycles. The summed E-state index contributed by atoms with van der Waals surface area (Å²) >= 11 is 0. The van der Waals surface area contributed by atoms with Gasteiger partial charge in [0.15, 0.2) is 0 Å². The minimum absolute atomic E-state index is 0.0218. The number of piperazine rings is 1. The lowest BCUT2D eigenvalue weighted by atomic mass is 10.1. The molecule has 0 radical (unpaired) electrons. The Morgan fingerprint density at radius 2 is 1.68 bits per heavy atom. The molecule has 2 rings (SSSR count). The summed E-state index contributed by atoms with van der Waals surface area (Å²) in [5.74, 6) is 0.742. The van der Waals surface area contributed by atoms with E-state index >= 15 is 0 Å². The van der Waals surface area contributed by atoms with Crippen molar-refractivity contribution in [3.8, 4) is 0 Å². The summed E-state index contributed by atoms with van der Waals surface area (Å²) in [6.07, 6.45) is 1.23.